The van der Waals surface area contributed by atoms with Crippen molar-refractivity contribution >= 4 is 5.91 Å². The third-order valence-electron chi connectivity index (χ3n) is 5.40. The van der Waals surface area contributed by atoms with Crippen molar-refractivity contribution in [2.45, 2.75) is 63.5 Å². The van der Waals surface area contributed by atoms with E-state index in [0.717, 1.165) is 18.4 Å². The molecule has 23 heavy (non-hydrogen) atoms. The van der Waals surface area contributed by atoms with Crippen molar-refractivity contribution in [3.63, 3.8) is 0 Å². The van der Waals surface area contributed by atoms with Crippen LogP contribution in [0.5, 0.6) is 0 Å². The Balaban J connectivity index is 1.49. The number of fused-ring (bicyclic) bond motifs is 2. The molecule has 2 aliphatic heterocycles. The van der Waals surface area contributed by atoms with Crippen LogP contribution in [-0.4, -0.2) is 24.5 Å². The minimum absolute atomic E-state index is 0.145. The van der Waals surface area contributed by atoms with Gasteiger partial charge in [0.1, 0.15) is 5.82 Å². The van der Waals surface area contributed by atoms with Crippen LogP contribution in [0.4, 0.5) is 4.39 Å². The smallest absolute Gasteiger partial charge is 0.220 e. The Labute approximate surface area is 138 Å². The summed E-state index contributed by atoms with van der Waals surface area (Å²) in [5.41, 5.74) is 0.843. The SMILES string of the molecule is CC(C)(CNC(=O)CC1CC2CCC(C1)N2)c1ccc(F)cc1. The van der Waals surface area contributed by atoms with E-state index in [1.54, 1.807) is 12.1 Å². The average molecular weight is 318 g/mol. The Hall–Kier alpha value is -1.42. The molecule has 2 heterocycles. The minimum Gasteiger partial charge on any atom is -0.355 e. The normalized spacial score (nSPS) is 27.0. The summed E-state index contributed by atoms with van der Waals surface area (Å²) in [6.07, 6.45) is 5.42. The zero-order chi connectivity index (χ0) is 16.4. The van der Waals surface area contributed by atoms with Gasteiger partial charge in [0.2, 0.25) is 5.91 Å². The van der Waals surface area contributed by atoms with Gasteiger partial charge in [0, 0.05) is 30.5 Å². The van der Waals surface area contributed by atoms with Crippen LogP contribution in [0.15, 0.2) is 24.3 Å². The second-order valence-corrected chi connectivity index (χ2v) is 7.85. The highest BCUT2D eigenvalue weighted by atomic mass is 19.1. The third-order valence-corrected chi connectivity index (χ3v) is 5.40. The van der Waals surface area contributed by atoms with Crippen molar-refractivity contribution in [3.8, 4) is 0 Å². The molecule has 2 unspecified atom stereocenters. The van der Waals surface area contributed by atoms with E-state index >= 15 is 0 Å². The van der Waals surface area contributed by atoms with E-state index in [9.17, 15) is 9.18 Å². The lowest BCUT2D eigenvalue weighted by Crippen LogP contribution is -2.41. The van der Waals surface area contributed by atoms with Gasteiger partial charge >= 0.3 is 0 Å². The maximum atomic E-state index is 13.0. The van der Waals surface area contributed by atoms with Crippen LogP contribution in [-0.2, 0) is 10.2 Å². The second-order valence-electron chi connectivity index (χ2n) is 7.85. The Morgan fingerprint density at radius 2 is 1.83 bits per heavy atom. The van der Waals surface area contributed by atoms with Gasteiger partial charge in [0.05, 0.1) is 0 Å². The fourth-order valence-corrected chi connectivity index (χ4v) is 4.00. The molecule has 1 aromatic carbocycles. The van der Waals surface area contributed by atoms with Crippen molar-refractivity contribution in [1.82, 2.24) is 10.6 Å². The van der Waals surface area contributed by atoms with E-state index in [1.165, 1.54) is 25.0 Å². The average Bonchev–Trinajstić information content (AvgIpc) is 2.85. The van der Waals surface area contributed by atoms with Crippen molar-refractivity contribution in [3.05, 3.63) is 35.6 Å². The number of hydrogen-bond acceptors (Lipinski definition) is 2. The molecule has 2 saturated heterocycles. The molecular formula is C19H27FN2O. The predicted octanol–water partition coefficient (Wildman–Crippen LogP) is 3.14. The van der Waals surface area contributed by atoms with Gasteiger partial charge in [-0.2, -0.15) is 0 Å². The molecule has 1 amide bonds. The zero-order valence-corrected chi connectivity index (χ0v) is 14.1. The summed E-state index contributed by atoms with van der Waals surface area (Å²) >= 11 is 0. The first-order valence-corrected chi connectivity index (χ1v) is 8.71. The maximum absolute atomic E-state index is 13.0. The van der Waals surface area contributed by atoms with Crippen LogP contribution < -0.4 is 10.6 Å². The van der Waals surface area contributed by atoms with Crippen LogP contribution >= 0.6 is 0 Å². The summed E-state index contributed by atoms with van der Waals surface area (Å²) < 4.78 is 13.0. The van der Waals surface area contributed by atoms with Crippen molar-refractivity contribution in [2.75, 3.05) is 6.54 Å². The molecule has 4 heteroatoms. The highest BCUT2D eigenvalue weighted by Crippen LogP contribution is 2.32. The van der Waals surface area contributed by atoms with Gasteiger partial charge in [0.25, 0.3) is 0 Å². The summed E-state index contributed by atoms with van der Waals surface area (Å²) in [4.78, 5) is 12.3. The van der Waals surface area contributed by atoms with Crippen molar-refractivity contribution in [1.29, 1.82) is 0 Å². The quantitative estimate of drug-likeness (QED) is 0.876. The zero-order valence-electron chi connectivity index (χ0n) is 14.1. The summed E-state index contributed by atoms with van der Waals surface area (Å²) in [5.74, 6) is 0.434. The fraction of sp³-hybridized carbons (Fsp3) is 0.632. The summed E-state index contributed by atoms with van der Waals surface area (Å²) in [7, 11) is 0. The molecule has 0 radical (unpaired) electrons. The summed E-state index contributed by atoms with van der Waals surface area (Å²) in [6, 6.07) is 7.80. The molecule has 2 aliphatic rings. The first kappa shape index (κ1) is 16.4. The van der Waals surface area contributed by atoms with E-state index in [4.69, 9.17) is 0 Å². The molecule has 2 fully saturated rings. The van der Waals surface area contributed by atoms with Gasteiger partial charge in [0.15, 0.2) is 0 Å². The monoisotopic (exact) mass is 318 g/mol. The number of nitrogens with one attached hydrogen (secondary N) is 2. The third kappa shape index (κ3) is 4.11. The molecule has 1 aromatic rings. The highest BCUT2D eigenvalue weighted by molar-refractivity contribution is 5.76. The number of piperidine rings is 1. The highest BCUT2D eigenvalue weighted by Gasteiger charge is 2.34. The molecule has 3 rings (SSSR count). The summed E-state index contributed by atoms with van der Waals surface area (Å²) in [6.45, 7) is 4.73. The molecule has 0 aliphatic carbocycles. The van der Waals surface area contributed by atoms with Gasteiger partial charge in [-0.15, -0.1) is 0 Å². The van der Waals surface area contributed by atoms with Crippen LogP contribution in [0.2, 0.25) is 0 Å². The van der Waals surface area contributed by atoms with Gasteiger partial charge in [-0.3, -0.25) is 4.79 Å². The number of rotatable bonds is 5. The molecule has 0 spiro atoms. The molecule has 126 valence electrons. The van der Waals surface area contributed by atoms with Crippen LogP contribution in [0.3, 0.4) is 0 Å². The first-order chi connectivity index (χ1) is 10.9. The Morgan fingerprint density at radius 1 is 1.22 bits per heavy atom. The van der Waals surface area contributed by atoms with Crippen molar-refractivity contribution in [2.24, 2.45) is 5.92 Å². The maximum Gasteiger partial charge on any atom is 0.220 e. The lowest BCUT2D eigenvalue weighted by molar-refractivity contribution is -0.122. The Bertz CT molecular complexity index is 543. The number of hydrogen-bond donors (Lipinski definition) is 2. The molecule has 2 atom stereocenters. The van der Waals surface area contributed by atoms with Crippen LogP contribution in [0.1, 0.15) is 51.5 Å². The lowest BCUT2D eigenvalue weighted by atomic mass is 9.84. The van der Waals surface area contributed by atoms with E-state index in [-0.39, 0.29) is 17.1 Å². The number of amides is 1. The van der Waals surface area contributed by atoms with E-state index in [0.29, 0.717) is 31.0 Å². The van der Waals surface area contributed by atoms with Gasteiger partial charge in [-0.1, -0.05) is 26.0 Å². The van der Waals surface area contributed by atoms with Gasteiger partial charge in [-0.05, 0) is 49.3 Å². The number of carbonyl (C=O) groups excluding carboxylic acids is 1. The molecule has 0 aromatic heterocycles. The van der Waals surface area contributed by atoms with Gasteiger partial charge in [-0.25, -0.2) is 4.39 Å². The van der Waals surface area contributed by atoms with Crippen molar-refractivity contribution < 1.29 is 9.18 Å². The molecule has 3 nitrogen and oxygen atoms in total. The molecule has 2 bridgehead atoms. The van der Waals surface area contributed by atoms with E-state index in [2.05, 4.69) is 24.5 Å². The fourth-order valence-electron chi connectivity index (χ4n) is 4.00. The minimum atomic E-state index is -0.228. The number of benzene rings is 1. The second kappa shape index (κ2) is 6.60. The van der Waals surface area contributed by atoms with E-state index < -0.39 is 0 Å². The van der Waals surface area contributed by atoms with Crippen LogP contribution in [0, 0.1) is 11.7 Å². The summed E-state index contributed by atoms with van der Waals surface area (Å²) in [5, 5.41) is 6.69. The lowest BCUT2D eigenvalue weighted by Gasteiger charge is -2.30. The predicted molar refractivity (Wildman–Crippen MR) is 89.7 cm³/mol. The van der Waals surface area contributed by atoms with E-state index in [1.807, 2.05) is 0 Å². The van der Waals surface area contributed by atoms with Crippen LogP contribution in [0.25, 0.3) is 0 Å². The first-order valence-electron chi connectivity index (χ1n) is 8.71. The molecular weight excluding hydrogens is 291 g/mol. The standard InChI is InChI=1S/C19H27FN2O/c1-19(2,14-3-5-15(20)6-4-14)12-21-18(23)11-13-9-16-7-8-17(10-13)22-16/h3-6,13,16-17,22H,7-12H2,1-2H3,(H,21,23). The molecule has 0 saturated carbocycles. The topological polar surface area (TPSA) is 41.1 Å². The number of carbonyl (C=O) groups is 1. The largest absolute Gasteiger partial charge is 0.355 e. The Morgan fingerprint density at radius 3 is 2.43 bits per heavy atom. The van der Waals surface area contributed by atoms with Gasteiger partial charge < -0.3 is 10.6 Å². The molecule has 2 N–H and O–H groups in total. The number of halogens is 1. The Kier molecular flexibility index (Phi) is 4.72.